The van der Waals surface area contributed by atoms with Crippen LogP contribution >= 0.6 is 0 Å². The maximum absolute atomic E-state index is 12.4. The van der Waals surface area contributed by atoms with Gasteiger partial charge in [0.15, 0.2) is 0 Å². The Morgan fingerprint density at radius 1 is 0.867 bits per heavy atom. The Hall–Kier alpha value is -3.40. The van der Waals surface area contributed by atoms with Crippen molar-refractivity contribution >= 4 is 11.6 Å². The highest BCUT2D eigenvalue weighted by Crippen LogP contribution is 2.22. The molecule has 0 aliphatic heterocycles. The number of hydrogen-bond acceptors (Lipinski definition) is 3. The molecule has 0 aliphatic carbocycles. The summed E-state index contributed by atoms with van der Waals surface area (Å²) in [5.41, 5.74) is 7.36. The Morgan fingerprint density at radius 2 is 1.47 bits per heavy atom. The predicted molar refractivity (Wildman–Crippen MR) is 122 cm³/mol. The summed E-state index contributed by atoms with van der Waals surface area (Å²) in [7, 11) is 0. The molecule has 1 N–H and O–H groups in total. The zero-order valence-electron chi connectivity index (χ0n) is 18.0. The Labute approximate surface area is 178 Å². The van der Waals surface area contributed by atoms with Gasteiger partial charge in [0.25, 0.3) is 5.91 Å². The van der Waals surface area contributed by atoms with E-state index in [4.69, 9.17) is 4.74 Å². The minimum Gasteiger partial charge on any atom is -0.489 e. The van der Waals surface area contributed by atoms with Crippen molar-refractivity contribution in [3.05, 3.63) is 101 Å². The quantitative estimate of drug-likeness (QED) is 0.425. The van der Waals surface area contributed by atoms with Gasteiger partial charge in [-0.15, -0.1) is 0 Å². The van der Waals surface area contributed by atoms with Gasteiger partial charge in [-0.3, -0.25) is 4.79 Å². The van der Waals surface area contributed by atoms with Crippen molar-refractivity contribution in [1.29, 1.82) is 0 Å². The van der Waals surface area contributed by atoms with Crippen LogP contribution in [0.4, 0.5) is 0 Å². The molecule has 4 heteroatoms. The molecular formula is C26H28N2O2. The number of nitrogens with one attached hydrogen (secondary N) is 1. The number of ether oxygens (including phenoxy) is 1. The summed E-state index contributed by atoms with van der Waals surface area (Å²) >= 11 is 0. The van der Waals surface area contributed by atoms with Crippen LogP contribution in [0.3, 0.4) is 0 Å². The van der Waals surface area contributed by atoms with Gasteiger partial charge in [0.2, 0.25) is 0 Å². The van der Waals surface area contributed by atoms with Crippen LogP contribution in [0.1, 0.15) is 54.7 Å². The van der Waals surface area contributed by atoms with Crippen LogP contribution in [0.2, 0.25) is 0 Å². The van der Waals surface area contributed by atoms with E-state index in [-0.39, 0.29) is 11.3 Å². The number of carbonyl (C=O) groups excluding carboxylic acids is 1. The third-order valence-electron chi connectivity index (χ3n) is 4.86. The summed E-state index contributed by atoms with van der Waals surface area (Å²) in [6.07, 6.45) is 0. The molecule has 0 aromatic heterocycles. The van der Waals surface area contributed by atoms with E-state index in [9.17, 15) is 4.79 Å². The Morgan fingerprint density at radius 3 is 2.07 bits per heavy atom. The Balaban J connectivity index is 1.57. The zero-order valence-corrected chi connectivity index (χ0v) is 18.0. The minimum absolute atomic E-state index is 0.106. The molecule has 1 amide bonds. The monoisotopic (exact) mass is 400 g/mol. The molecule has 154 valence electrons. The molecule has 0 aliphatic rings. The molecule has 0 heterocycles. The lowest BCUT2D eigenvalue weighted by molar-refractivity contribution is 0.0955. The largest absolute Gasteiger partial charge is 0.489 e. The van der Waals surface area contributed by atoms with Crippen LogP contribution in [0.5, 0.6) is 5.75 Å². The summed E-state index contributed by atoms with van der Waals surface area (Å²) in [5, 5.41) is 4.25. The maximum Gasteiger partial charge on any atom is 0.271 e. The molecular weight excluding hydrogens is 372 g/mol. The van der Waals surface area contributed by atoms with E-state index in [2.05, 4.69) is 43.4 Å². The fraction of sp³-hybridized carbons (Fsp3) is 0.231. The maximum atomic E-state index is 12.4. The number of amides is 1. The van der Waals surface area contributed by atoms with Gasteiger partial charge in [-0.1, -0.05) is 75.4 Å². The molecule has 0 bridgehead atoms. The summed E-state index contributed by atoms with van der Waals surface area (Å²) in [4.78, 5) is 12.4. The van der Waals surface area contributed by atoms with Gasteiger partial charge in [0, 0.05) is 5.56 Å². The summed E-state index contributed by atoms with van der Waals surface area (Å²) < 4.78 is 5.76. The van der Waals surface area contributed by atoms with Crippen molar-refractivity contribution in [2.45, 2.75) is 39.7 Å². The van der Waals surface area contributed by atoms with Crippen LogP contribution in [0, 0.1) is 0 Å². The van der Waals surface area contributed by atoms with E-state index in [1.54, 1.807) is 24.3 Å². The van der Waals surface area contributed by atoms with E-state index < -0.39 is 0 Å². The Bertz CT molecular complexity index is 1000. The van der Waals surface area contributed by atoms with E-state index in [0.717, 1.165) is 16.8 Å². The van der Waals surface area contributed by atoms with Crippen molar-refractivity contribution in [3.63, 3.8) is 0 Å². The van der Waals surface area contributed by atoms with Gasteiger partial charge in [-0.05, 0) is 53.3 Å². The lowest BCUT2D eigenvalue weighted by Crippen LogP contribution is -2.19. The summed E-state index contributed by atoms with van der Waals surface area (Å²) in [6.45, 7) is 8.92. The molecule has 0 radical (unpaired) electrons. The van der Waals surface area contributed by atoms with Crippen LogP contribution < -0.4 is 10.2 Å². The second-order valence-electron chi connectivity index (χ2n) is 8.26. The molecule has 30 heavy (non-hydrogen) atoms. The van der Waals surface area contributed by atoms with Crippen molar-refractivity contribution in [2.75, 3.05) is 0 Å². The minimum atomic E-state index is -0.254. The van der Waals surface area contributed by atoms with E-state index in [1.807, 2.05) is 49.4 Å². The summed E-state index contributed by atoms with van der Waals surface area (Å²) in [6, 6.07) is 25.3. The lowest BCUT2D eigenvalue weighted by Gasteiger charge is -2.19. The Kier molecular flexibility index (Phi) is 6.68. The highest BCUT2D eigenvalue weighted by Gasteiger charge is 2.13. The first-order chi connectivity index (χ1) is 14.3. The number of hydrogen-bond donors (Lipinski definition) is 1. The molecule has 0 unspecified atom stereocenters. The zero-order chi connectivity index (χ0) is 21.6. The third kappa shape index (κ3) is 5.80. The van der Waals surface area contributed by atoms with Gasteiger partial charge < -0.3 is 4.74 Å². The number of carbonyl (C=O) groups is 1. The number of nitrogens with zero attached hydrogens (tertiary/aromatic N) is 1. The molecule has 0 saturated heterocycles. The number of benzene rings is 3. The molecule has 0 atom stereocenters. The third-order valence-corrected chi connectivity index (χ3v) is 4.86. The van der Waals surface area contributed by atoms with Gasteiger partial charge >= 0.3 is 0 Å². The fourth-order valence-corrected chi connectivity index (χ4v) is 2.92. The smallest absolute Gasteiger partial charge is 0.271 e. The first-order valence-electron chi connectivity index (χ1n) is 10.1. The molecule has 0 saturated carbocycles. The first kappa shape index (κ1) is 21.3. The normalized spacial score (nSPS) is 11.8. The van der Waals surface area contributed by atoms with Gasteiger partial charge in [-0.2, -0.15) is 5.10 Å². The molecule has 0 fully saturated rings. The first-order valence-corrected chi connectivity index (χ1v) is 10.1. The van der Waals surface area contributed by atoms with Crippen LogP contribution in [0.15, 0.2) is 84.0 Å². The average molecular weight is 401 g/mol. The van der Waals surface area contributed by atoms with Crippen molar-refractivity contribution in [2.24, 2.45) is 5.10 Å². The van der Waals surface area contributed by atoms with Gasteiger partial charge in [0.1, 0.15) is 12.4 Å². The molecule has 0 spiro atoms. The van der Waals surface area contributed by atoms with Crippen LogP contribution in [0.25, 0.3) is 0 Å². The van der Waals surface area contributed by atoms with Crippen LogP contribution in [-0.2, 0) is 12.0 Å². The molecule has 3 rings (SSSR count). The van der Waals surface area contributed by atoms with Crippen molar-refractivity contribution in [1.82, 2.24) is 5.43 Å². The van der Waals surface area contributed by atoms with Gasteiger partial charge in [-0.25, -0.2) is 5.43 Å². The van der Waals surface area contributed by atoms with Crippen molar-refractivity contribution in [3.8, 4) is 5.75 Å². The van der Waals surface area contributed by atoms with Crippen LogP contribution in [-0.4, -0.2) is 11.6 Å². The second-order valence-corrected chi connectivity index (χ2v) is 8.26. The van der Waals surface area contributed by atoms with Gasteiger partial charge in [0.05, 0.1) is 5.71 Å². The SMILES string of the molecule is C/C(=N\NC(=O)c1ccc(OCc2ccccc2)cc1)c1ccc(C(C)(C)C)cc1. The number of hydrazone groups is 1. The standard InChI is InChI=1S/C26H28N2O2/c1-19(21-10-14-23(15-11-21)26(2,3)4)27-28-25(29)22-12-16-24(17-13-22)30-18-20-8-6-5-7-9-20/h5-17H,18H2,1-4H3,(H,28,29)/b27-19+. The highest BCUT2D eigenvalue weighted by molar-refractivity contribution is 6.00. The second kappa shape index (κ2) is 9.40. The molecule has 3 aromatic rings. The van der Waals surface area contributed by atoms with Crippen molar-refractivity contribution < 1.29 is 9.53 Å². The number of rotatable bonds is 6. The van der Waals surface area contributed by atoms with E-state index in [0.29, 0.717) is 17.9 Å². The predicted octanol–water partition coefficient (Wildman–Crippen LogP) is 5.72. The topological polar surface area (TPSA) is 50.7 Å². The molecule has 4 nitrogen and oxygen atoms in total. The fourth-order valence-electron chi connectivity index (χ4n) is 2.92. The van der Waals surface area contributed by atoms with E-state index >= 15 is 0 Å². The molecule has 3 aromatic carbocycles. The summed E-state index contributed by atoms with van der Waals surface area (Å²) in [5.74, 6) is 0.462. The van der Waals surface area contributed by atoms with E-state index in [1.165, 1.54) is 5.56 Å². The highest BCUT2D eigenvalue weighted by atomic mass is 16.5. The lowest BCUT2D eigenvalue weighted by atomic mass is 9.86. The average Bonchev–Trinajstić information content (AvgIpc) is 2.76.